The summed E-state index contributed by atoms with van der Waals surface area (Å²) >= 11 is 0. The minimum Gasteiger partial charge on any atom is -0.468 e. The molecule has 1 saturated heterocycles. The Morgan fingerprint density at radius 1 is 1.07 bits per heavy atom. The maximum Gasteiger partial charge on any atom is 0.325 e. The van der Waals surface area contributed by atoms with E-state index in [2.05, 4.69) is 15.2 Å². The van der Waals surface area contributed by atoms with Gasteiger partial charge in [0.05, 0.1) is 36.6 Å². The van der Waals surface area contributed by atoms with Crippen molar-refractivity contribution in [1.82, 2.24) is 34.7 Å². The average molecular weight is 618 g/mol. The second kappa shape index (κ2) is 12.3. The highest BCUT2D eigenvalue weighted by Crippen LogP contribution is 2.40. The van der Waals surface area contributed by atoms with Crippen molar-refractivity contribution in [1.29, 1.82) is 0 Å². The first kappa shape index (κ1) is 30.2. The first-order valence-electron chi connectivity index (χ1n) is 15.1. The molecule has 236 valence electrons. The van der Waals surface area contributed by atoms with Gasteiger partial charge in [0.15, 0.2) is 0 Å². The zero-order valence-corrected chi connectivity index (χ0v) is 25.6. The van der Waals surface area contributed by atoms with Crippen LogP contribution in [-0.4, -0.2) is 92.4 Å². The number of halogens is 1. The lowest BCUT2D eigenvalue weighted by Gasteiger charge is -2.30. The largest absolute Gasteiger partial charge is 0.468 e. The maximum absolute atomic E-state index is 15.7. The molecule has 0 atom stereocenters. The lowest BCUT2D eigenvalue weighted by Crippen LogP contribution is -2.44. The van der Waals surface area contributed by atoms with Crippen LogP contribution in [0.4, 0.5) is 4.39 Å². The average Bonchev–Trinajstić information content (AvgIpc) is 3.73. The Hall–Kier alpha value is -4.81. The first-order valence-corrected chi connectivity index (χ1v) is 15.1. The fourth-order valence-corrected chi connectivity index (χ4v) is 6.21. The third kappa shape index (κ3) is 6.11. The molecule has 3 heterocycles. The van der Waals surface area contributed by atoms with Gasteiger partial charge in [0.2, 0.25) is 17.7 Å². The van der Waals surface area contributed by atoms with Crippen molar-refractivity contribution in [2.45, 2.75) is 51.1 Å². The second-order valence-corrected chi connectivity index (χ2v) is 11.8. The number of nitrogens with zero attached hydrogens (tertiary/aromatic N) is 6. The van der Waals surface area contributed by atoms with E-state index < -0.39 is 11.9 Å². The number of fused-ring (bicyclic) bond motifs is 2. The molecule has 13 heteroatoms. The molecule has 3 amide bonds. The fraction of sp³-hybridized carbons (Fsp3) is 0.438. The summed E-state index contributed by atoms with van der Waals surface area (Å²) in [6.45, 7) is 2.16. The Morgan fingerprint density at radius 3 is 2.51 bits per heavy atom. The van der Waals surface area contributed by atoms with Gasteiger partial charge in [-0.3, -0.25) is 28.5 Å². The highest BCUT2D eigenvalue weighted by atomic mass is 19.1. The van der Waals surface area contributed by atoms with Gasteiger partial charge in [-0.15, -0.1) is 0 Å². The number of nitrogens with one attached hydrogen (secondary N) is 1. The number of piperidine rings is 1. The maximum atomic E-state index is 15.7. The summed E-state index contributed by atoms with van der Waals surface area (Å²) in [4.78, 5) is 53.1. The highest BCUT2D eigenvalue weighted by molar-refractivity contribution is 6.00. The fourth-order valence-electron chi connectivity index (χ4n) is 6.21. The zero-order valence-electron chi connectivity index (χ0n) is 25.6. The van der Waals surface area contributed by atoms with Crippen LogP contribution in [0.25, 0.3) is 32.9 Å². The predicted molar refractivity (Wildman–Crippen MR) is 163 cm³/mol. The van der Waals surface area contributed by atoms with Crippen molar-refractivity contribution in [3.8, 4) is 11.1 Å². The monoisotopic (exact) mass is 617 g/mol. The van der Waals surface area contributed by atoms with E-state index in [0.29, 0.717) is 48.0 Å². The molecule has 1 N–H and O–H groups in total. The molecular weight excluding hydrogens is 581 g/mol. The van der Waals surface area contributed by atoms with Crippen LogP contribution in [0.5, 0.6) is 0 Å². The van der Waals surface area contributed by atoms with E-state index in [1.807, 2.05) is 30.1 Å². The number of aromatic nitrogens is 4. The summed E-state index contributed by atoms with van der Waals surface area (Å²) in [5.74, 6) is -1.67. The number of aryl methyl sites for hydroxylation is 1. The number of esters is 1. The molecule has 1 aliphatic carbocycles. The van der Waals surface area contributed by atoms with Gasteiger partial charge in [-0.1, -0.05) is 12.1 Å². The van der Waals surface area contributed by atoms with Gasteiger partial charge in [-0.25, -0.2) is 4.39 Å². The Morgan fingerprint density at radius 2 is 1.82 bits per heavy atom. The van der Waals surface area contributed by atoms with Crippen LogP contribution < -0.4 is 5.32 Å². The number of rotatable bonds is 9. The lowest BCUT2D eigenvalue weighted by atomic mass is 9.89. The Labute approximate surface area is 259 Å². The number of hydrogen-bond donors (Lipinski definition) is 1. The molecule has 1 saturated carbocycles. The number of ether oxygens (including phenoxy) is 1. The Balaban J connectivity index is 1.37. The summed E-state index contributed by atoms with van der Waals surface area (Å²) in [5, 5.41) is 13.2. The summed E-state index contributed by atoms with van der Waals surface area (Å²) in [7, 11) is 3.05. The topological polar surface area (TPSA) is 132 Å². The first-order chi connectivity index (χ1) is 21.6. The number of benzene rings is 2. The molecule has 2 aliphatic rings. The van der Waals surface area contributed by atoms with E-state index in [-0.39, 0.29) is 49.2 Å². The van der Waals surface area contributed by atoms with Crippen LogP contribution >= 0.6 is 0 Å². The lowest BCUT2D eigenvalue weighted by molar-refractivity contribution is -0.142. The number of carbonyl (C=O) groups is 4. The van der Waals surface area contributed by atoms with Crippen molar-refractivity contribution in [3.05, 3.63) is 48.0 Å². The van der Waals surface area contributed by atoms with Crippen LogP contribution in [0.1, 0.15) is 44.2 Å². The molecule has 45 heavy (non-hydrogen) atoms. The van der Waals surface area contributed by atoms with Crippen molar-refractivity contribution in [2.75, 3.05) is 33.3 Å². The minimum absolute atomic E-state index is 0.00673. The quantitative estimate of drug-likeness (QED) is 0.286. The molecule has 0 spiro atoms. The number of hydrogen-bond acceptors (Lipinski definition) is 7. The molecular formula is C32H36FN7O5. The molecule has 2 aromatic carbocycles. The molecule has 0 radical (unpaired) electrons. The molecule has 0 bridgehead atoms. The summed E-state index contributed by atoms with van der Waals surface area (Å²) in [6, 6.07) is 8.78. The van der Waals surface area contributed by atoms with Gasteiger partial charge in [0, 0.05) is 55.4 Å². The number of likely N-dealkylation sites (tertiary alicyclic amines) is 1. The van der Waals surface area contributed by atoms with Crippen molar-refractivity contribution in [3.63, 3.8) is 0 Å². The van der Waals surface area contributed by atoms with Crippen LogP contribution in [0.15, 0.2) is 36.5 Å². The highest BCUT2D eigenvalue weighted by Gasteiger charge is 2.35. The normalized spacial score (nSPS) is 15.4. The van der Waals surface area contributed by atoms with Crippen LogP contribution in [-0.2, 0) is 37.5 Å². The van der Waals surface area contributed by atoms with Gasteiger partial charge >= 0.3 is 5.97 Å². The van der Waals surface area contributed by atoms with E-state index in [4.69, 9.17) is 5.10 Å². The van der Waals surface area contributed by atoms with Gasteiger partial charge in [-0.2, -0.15) is 10.2 Å². The van der Waals surface area contributed by atoms with Crippen molar-refractivity contribution < 1.29 is 28.3 Å². The van der Waals surface area contributed by atoms with Gasteiger partial charge in [-0.05, 0) is 49.4 Å². The smallest absolute Gasteiger partial charge is 0.325 e. The number of methoxy groups -OCH3 is 1. The Kier molecular flexibility index (Phi) is 8.26. The van der Waals surface area contributed by atoms with Crippen LogP contribution in [0.2, 0.25) is 0 Å². The summed E-state index contributed by atoms with van der Waals surface area (Å²) < 4.78 is 23.6. The number of amides is 3. The van der Waals surface area contributed by atoms with E-state index in [9.17, 15) is 19.2 Å². The van der Waals surface area contributed by atoms with Crippen molar-refractivity contribution in [2.24, 2.45) is 7.05 Å². The molecule has 4 aromatic rings. The SMILES string of the molecule is COC(=O)CNC(=O)CN(C(=O)Cn1nc(C2CCN(C(C)=O)CC2)c2c(-c3cc4c(cnn4C)cc3F)cccc21)C1CC1. The van der Waals surface area contributed by atoms with E-state index >= 15 is 4.39 Å². The molecule has 2 aromatic heterocycles. The van der Waals surface area contributed by atoms with Crippen molar-refractivity contribution >= 4 is 45.5 Å². The molecule has 12 nitrogen and oxygen atoms in total. The summed E-state index contributed by atoms with van der Waals surface area (Å²) in [6.07, 6.45) is 4.57. The van der Waals surface area contributed by atoms with Gasteiger partial charge in [0.1, 0.15) is 18.9 Å². The Bertz CT molecular complexity index is 1800. The predicted octanol–water partition coefficient (Wildman–Crippen LogP) is 2.74. The number of carbonyl (C=O) groups excluding carboxylic acids is 4. The molecule has 6 rings (SSSR count). The third-order valence-electron chi connectivity index (χ3n) is 8.82. The van der Waals surface area contributed by atoms with E-state index in [1.165, 1.54) is 18.1 Å². The molecule has 0 unspecified atom stereocenters. The second-order valence-electron chi connectivity index (χ2n) is 11.8. The minimum atomic E-state index is -0.577. The third-order valence-corrected chi connectivity index (χ3v) is 8.82. The summed E-state index contributed by atoms with van der Waals surface area (Å²) in [5.41, 5.74) is 3.30. The van der Waals surface area contributed by atoms with Crippen LogP contribution in [0, 0.1) is 5.82 Å². The molecule has 1 aliphatic heterocycles. The van der Waals surface area contributed by atoms with E-state index in [0.717, 1.165) is 29.4 Å². The van der Waals surface area contributed by atoms with Gasteiger partial charge in [0.25, 0.3) is 0 Å². The zero-order chi connectivity index (χ0) is 31.8. The molecule has 2 fully saturated rings. The van der Waals surface area contributed by atoms with Crippen LogP contribution in [0.3, 0.4) is 0 Å². The van der Waals surface area contributed by atoms with Gasteiger partial charge < -0.3 is 19.9 Å². The van der Waals surface area contributed by atoms with E-state index in [1.54, 1.807) is 28.6 Å². The standard InChI is InChI=1S/C32H36FN7O5/c1-19(41)38-11-9-20(10-12-38)32-31-23(24-14-27-21(13-25(24)33)15-35-37(27)2)5-4-6-26(31)40(36-32)18-29(43)39(22-7-8-22)17-28(42)34-16-30(44)45-3/h4-6,13-15,20,22H,7-12,16-18H2,1-3H3,(H,34,42).